The summed E-state index contributed by atoms with van der Waals surface area (Å²) in [6.07, 6.45) is 7.96. The minimum absolute atomic E-state index is 0.0942. The Bertz CT molecular complexity index is 282. The largest absolute Gasteiger partial charge is 0.394 e. The van der Waals surface area contributed by atoms with Gasteiger partial charge in [0.1, 0.15) is 24.4 Å². The van der Waals surface area contributed by atoms with Crippen molar-refractivity contribution in [1.29, 1.82) is 0 Å². The van der Waals surface area contributed by atoms with Crippen LogP contribution in [0.2, 0.25) is 0 Å². The summed E-state index contributed by atoms with van der Waals surface area (Å²) in [5, 5.41) is 28.5. The Morgan fingerprint density at radius 2 is 1.95 bits per heavy atom. The molecule has 0 aromatic carbocycles. The van der Waals surface area contributed by atoms with Crippen molar-refractivity contribution < 1.29 is 24.8 Å². The van der Waals surface area contributed by atoms with E-state index in [2.05, 4.69) is 19.1 Å². The van der Waals surface area contributed by atoms with Gasteiger partial charge in [0, 0.05) is 6.61 Å². The van der Waals surface area contributed by atoms with Gasteiger partial charge in [-0.05, 0) is 25.7 Å². The van der Waals surface area contributed by atoms with Gasteiger partial charge in [-0.2, -0.15) is 0 Å². The molecule has 0 aromatic rings. The van der Waals surface area contributed by atoms with Gasteiger partial charge in [-0.15, -0.1) is 0 Å². The zero-order valence-electron chi connectivity index (χ0n) is 13.0. The molecule has 0 spiro atoms. The fraction of sp³-hybridized carbons (Fsp3) is 0.875. The van der Waals surface area contributed by atoms with Crippen LogP contribution in [0.15, 0.2) is 12.2 Å². The van der Waals surface area contributed by atoms with Gasteiger partial charge in [-0.25, -0.2) is 0 Å². The average molecular weight is 302 g/mol. The zero-order chi connectivity index (χ0) is 15.5. The summed E-state index contributed by atoms with van der Waals surface area (Å²) in [5.41, 5.74) is 0. The predicted molar refractivity (Wildman–Crippen MR) is 81.1 cm³/mol. The molecule has 1 aliphatic rings. The van der Waals surface area contributed by atoms with E-state index >= 15 is 0 Å². The number of rotatable bonds is 11. The lowest BCUT2D eigenvalue weighted by Gasteiger charge is -2.24. The molecule has 5 nitrogen and oxygen atoms in total. The van der Waals surface area contributed by atoms with E-state index in [1.54, 1.807) is 0 Å². The minimum Gasteiger partial charge on any atom is -0.394 e. The lowest BCUT2D eigenvalue weighted by atomic mass is 10.1. The number of hydrogen-bond donors (Lipinski definition) is 3. The van der Waals surface area contributed by atoms with E-state index in [4.69, 9.17) is 9.47 Å². The van der Waals surface area contributed by atoms with Crippen molar-refractivity contribution in [3.8, 4) is 0 Å². The summed E-state index contributed by atoms with van der Waals surface area (Å²) in [6.45, 7) is 2.56. The average Bonchev–Trinajstić information content (AvgIpc) is 2.82. The third kappa shape index (κ3) is 6.89. The highest BCUT2D eigenvalue weighted by Crippen LogP contribution is 2.19. The second kappa shape index (κ2) is 11.2. The second-order valence-electron chi connectivity index (χ2n) is 5.53. The molecule has 4 atom stereocenters. The van der Waals surface area contributed by atoms with Crippen LogP contribution in [0, 0.1) is 0 Å². The van der Waals surface area contributed by atoms with E-state index in [0.717, 1.165) is 25.7 Å². The van der Waals surface area contributed by atoms with E-state index in [1.807, 2.05) is 0 Å². The van der Waals surface area contributed by atoms with Gasteiger partial charge in [0.25, 0.3) is 0 Å². The van der Waals surface area contributed by atoms with Crippen molar-refractivity contribution in [2.24, 2.45) is 0 Å². The van der Waals surface area contributed by atoms with Gasteiger partial charge in [0.05, 0.1) is 13.2 Å². The monoisotopic (exact) mass is 302 g/mol. The quantitative estimate of drug-likeness (QED) is 0.397. The lowest BCUT2D eigenvalue weighted by molar-refractivity contribution is -0.101. The molecule has 3 N–H and O–H groups in total. The Kier molecular flexibility index (Phi) is 9.87. The molecule has 1 heterocycles. The molecule has 21 heavy (non-hydrogen) atoms. The molecule has 1 saturated heterocycles. The van der Waals surface area contributed by atoms with Crippen LogP contribution >= 0.6 is 0 Å². The SMILES string of the molecule is CC/C=C/CCCCCCO[C@H](CO)[C@H]1OC[C@H](O)[C@H]1O. The first-order valence-electron chi connectivity index (χ1n) is 8.05. The van der Waals surface area contributed by atoms with Gasteiger partial charge in [0.15, 0.2) is 0 Å². The Labute approximate surface area is 127 Å². The Morgan fingerprint density at radius 1 is 1.19 bits per heavy atom. The summed E-state index contributed by atoms with van der Waals surface area (Å²) >= 11 is 0. The zero-order valence-corrected chi connectivity index (χ0v) is 13.0. The van der Waals surface area contributed by atoms with Crippen molar-refractivity contribution >= 4 is 0 Å². The van der Waals surface area contributed by atoms with Crippen molar-refractivity contribution in [1.82, 2.24) is 0 Å². The predicted octanol–water partition coefficient (Wildman–Crippen LogP) is 1.40. The van der Waals surface area contributed by atoms with E-state index in [0.29, 0.717) is 6.61 Å². The van der Waals surface area contributed by atoms with Gasteiger partial charge in [0.2, 0.25) is 0 Å². The first kappa shape index (κ1) is 18.6. The molecular formula is C16H30O5. The van der Waals surface area contributed by atoms with Crippen LogP contribution in [0.5, 0.6) is 0 Å². The summed E-state index contributed by atoms with van der Waals surface area (Å²) in [4.78, 5) is 0. The smallest absolute Gasteiger partial charge is 0.114 e. The second-order valence-corrected chi connectivity index (χ2v) is 5.53. The first-order chi connectivity index (χ1) is 10.2. The molecular weight excluding hydrogens is 272 g/mol. The van der Waals surface area contributed by atoms with Gasteiger partial charge < -0.3 is 24.8 Å². The van der Waals surface area contributed by atoms with Crippen LogP contribution in [-0.4, -0.2) is 59.6 Å². The summed E-state index contributed by atoms with van der Waals surface area (Å²) in [6, 6.07) is 0. The van der Waals surface area contributed by atoms with Crippen LogP contribution in [0.1, 0.15) is 45.4 Å². The molecule has 1 rings (SSSR count). The minimum atomic E-state index is -0.979. The summed E-state index contributed by atoms with van der Waals surface area (Å²) in [7, 11) is 0. The first-order valence-corrected chi connectivity index (χ1v) is 8.05. The highest BCUT2D eigenvalue weighted by atomic mass is 16.6. The maximum absolute atomic E-state index is 9.73. The Morgan fingerprint density at radius 3 is 2.57 bits per heavy atom. The van der Waals surface area contributed by atoms with Gasteiger partial charge in [-0.1, -0.05) is 31.9 Å². The highest BCUT2D eigenvalue weighted by molar-refractivity contribution is 4.88. The molecule has 124 valence electrons. The number of allylic oxidation sites excluding steroid dienone is 2. The molecule has 0 amide bonds. The van der Waals surface area contributed by atoms with E-state index in [-0.39, 0.29) is 13.2 Å². The van der Waals surface area contributed by atoms with Crippen LogP contribution in [0.25, 0.3) is 0 Å². The molecule has 0 bridgehead atoms. The summed E-state index contributed by atoms with van der Waals surface area (Å²) < 4.78 is 10.8. The number of ether oxygens (including phenoxy) is 2. The topological polar surface area (TPSA) is 79.2 Å². The van der Waals surface area contributed by atoms with Crippen LogP contribution in [-0.2, 0) is 9.47 Å². The normalized spacial score (nSPS) is 27.5. The third-order valence-corrected chi connectivity index (χ3v) is 3.74. The van der Waals surface area contributed by atoms with Crippen LogP contribution < -0.4 is 0 Å². The van der Waals surface area contributed by atoms with Crippen LogP contribution in [0.3, 0.4) is 0 Å². The maximum atomic E-state index is 9.73. The lowest BCUT2D eigenvalue weighted by Crippen LogP contribution is -2.42. The number of aliphatic hydroxyl groups is 3. The molecule has 0 unspecified atom stereocenters. The van der Waals surface area contributed by atoms with E-state index in [1.165, 1.54) is 12.8 Å². The van der Waals surface area contributed by atoms with Crippen molar-refractivity contribution in [3.05, 3.63) is 12.2 Å². The molecule has 5 heteroatoms. The molecule has 0 radical (unpaired) electrons. The molecule has 0 aromatic heterocycles. The van der Waals surface area contributed by atoms with Crippen molar-refractivity contribution in [3.63, 3.8) is 0 Å². The highest BCUT2D eigenvalue weighted by Gasteiger charge is 2.40. The summed E-state index contributed by atoms with van der Waals surface area (Å²) in [5.74, 6) is 0. The van der Waals surface area contributed by atoms with Crippen molar-refractivity contribution in [2.45, 2.75) is 69.9 Å². The molecule has 1 aliphatic heterocycles. The molecule has 1 fully saturated rings. The van der Waals surface area contributed by atoms with Gasteiger partial charge >= 0.3 is 0 Å². The van der Waals surface area contributed by atoms with E-state index in [9.17, 15) is 15.3 Å². The fourth-order valence-corrected chi connectivity index (χ4v) is 2.44. The van der Waals surface area contributed by atoms with Crippen molar-refractivity contribution in [2.75, 3.05) is 19.8 Å². The third-order valence-electron chi connectivity index (χ3n) is 3.74. The standard InChI is InChI=1S/C16H30O5/c1-2-3-4-5-6-7-8-9-10-20-14(11-17)16-15(19)13(18)12-21-16/h3-4,13-19H,2,5-12H2,1H3/b4-3+/t13-,14+,15+,16+/m0/s1. The number of hydrogen-bond acceptors (Lipinski definition) is 5. The fourth-order valence-electron chi connectivity index (χ4n) is 2.44. The number of aliphatic hydroxyl groups excluding tert-OH is 3. The Balaban J connectivity index is 2.06. The van der Waals surface area contributed by atoms with Crippen LogP contribution in [0.4, 0.5) is 0 Å². The molecule has 0 saturated carbocycles. The molecule has 0 aliphatic carbocycles. The Hall–Kier alpha value is -0.460. The van der Waals surface area contributed by atoms with Gasteiger partial charge in [-0.3, -0.25) is 0 Å². The number of unbranched alkanes of at least 4 members (excludes halogenated alkanes) is 4. The van der Waals surface area contributed by atoms with E-state index < -0.39 is 24.4 Å². The maximum Gasteiger partial charge on any atom is 0.114 e.